The van der Waals surface area contributed by atoms with Crippen LogP contribution in [0.3, 0.4) is 0 Å². The van der Waals surface area contributed by atoms with E-state index in [1.807, 2.05) is 40.0 Å². The Labute approximate surface area is 217 Å². The van der Waals surface area contributed by atoms with E-state index in [1.165, 1.54) is 37.8 Å². The predicted molar refractivity (Wildman–Crippen MR) is 137 cm³/mol. The molecular weight excluding hydrogens is 477 g/mol. The predicted octanol–water partition coefficient (Wildman–Crippen LogP) is 4.37. The highest BCUT2D eigenvalue weighted by Crippen LogP contribution is 2.39. The Balaban J connectivity index is 1.49. The molecule has 4 rings (SSSR count). The van der Waals surface area contributed by atoms with Gasteiger partial charge < -0.3 is 19.7 Å². The molecule has 0 bridgehead atoms. The lowest BCUT2D eigenvalue weighted by Crippen LogP contribution is -2.55. The van der Waals surface area contributed by atoms with Gasteiger partial charge in [-0.3, -0.25) is 9.88 Å². The lowest BCUT2D eigenvalue weighted by molar-refractivity contribution is 0.00105. The summed E-state index contributed by atoms with van der Waals surface area (Å²) in [5.74, 6) is -0.985. The number of piperazine rings is 1. The monoisotopic (exact) mass is 513 g/mol. The van der Waals surface area contributed by atoms with Crippen molar-refractivity contribution in [3.05, 3.63) is 53.4 Å². The second kappa shape index (κ2) is 11.0. The molecule has 2 aromatic rings. The molecule has 9 nitrogen and oxygen atoms in total. The van der Waals surface area contributed by atoms with Gasteiger partial charge in [-0.1, -0.05) is 6.07 Å². The van der Waals surface area contributed by atoms with E-state index in [-0.39, 0.29) is 23.9 Å². The maximum absolute atomic E-state index is 14.6. The summed E-state index contributed by atoms with van der Waals surface area (Å²) in [6, 6.07) is 5.06. The van der Waals surface area contributed by atoms with Crippen molar-refractivity contribution < 1.29 is 23.5 Å². The molecule has 0 aromatic carbocycles. The molecule has 1 aliphatic heterocycles. The molecule has 1 amide bonds. The van der Waals surface area contributed by atoms with E-state index < -0.39 is 17.4 Å². The van der Waals surface area contributed by atoms with Gasteiger partial charge in [-0.25, -0.2) is 19.0 Å². The summed E-state index contributed by atoms with van der Waals surface area (Å²) in [5.41, 5.74) is 1.59. The number of carbonyl (C=O) groups is 2. The molecule has 0 spiro atoms. The summed E-state index contributed by atoms with van der Waals surface area (Å²) >= 11 is 0. The van der Waals surface area contributed by atoms with Gasteiger partial charge in [0.25, 0.3) is 0 Å². The Morgan fingerprint density at radius 1 is 1.19 bits per heavy atom. The molecule has 1 aliphatic carbocycles. The second-order valence-electron chi connectivity index (χ2n) is 10.8. The van der Waals surface area contributed by atoms with E-state index in [9.17, 15) is 14.0 Å². The number of ether oxygens (including phenoxy) is 2. The van der Waals surface area contributed by atoms with Gasteiger partial charge in [0.05, 0.1) is 30.7 Å². The maximum Gasteiger partial charge on any atom is 0.410 e. The number of rotatable bonds is 7. The van der Waals surface area contributed by atoms with Crippen LogP contribution >= 0.6 is 0 Å². The first-order chi connectivity index (χ1) is 17.5. The number of carbonyl (C=O) groups excluding carboxylic acids is 2. The zero-order valence-corrected chi connectivity index (χ0v) is 22.2. The molecule has 1 unspecified atom stereocenters. The number of esters is 1. The van der Waals surface area contributed by atoms with E-state index in [0.29, 0.717) is 37.8 Å². The topological polar surface area (TPSA) is 96.9 Å². The third-order valence-electron chi connectivity index (χ3n) is 6.56. The van der Waals surface area contributed by atoms with Crippen LogP contribution < -0.4 is 5.32 Å². The Morgan fingerprint density at radius 3 is 2.51 bits per heavy atom. The minimum Gasteiger partial charge on any atom is -0.464 e. The molecule has 1 saturated carbocycles. The molecule has 200 valence electrons. The molecule has 1 N–H and O–H groups in total. The Kier molecular flexibility index (Phi) is 7.96. The van der Waals surface area contributed by atoms with Gasteiger partial charge in [0.15, 0.2) is 11.5 Å². The number of nitrogens with zero attached hydrogens (tertiary/aromatic N) is 4. The Morgan fingerprint density at radius 2 is 1.95 bits per heavy atom. The Bertz CT molecular complexity index is 1120. The first-order valence-electron chi connectivity index (χ1n) is 12.7. The number of anilines is 1. The van der Waals surface area contributed by atoms with E-state index in [1.54, 1.807) is 4.90 Å². The van der Waals surface area contributed by atoms with Crippen LogP contribution in [0.1, 0.15) is 74.2 Å². The van der Waals surface area contributed by atoms with Crippen molar-refractivity contribution >= 4 is 17.7 Å². The molecule has 2 fully saturated rings. The van der Waals surface area contributed by atoms with Crippen molar-refractivity contribution in [2.75, 3.05) is 38.6 Å². The van der Waals surface area contributed by atoms with Crippen molar-refractivity contribution in [2.24, 2.45) is 0 Å². The number of hydrogen-bond donors (Lipinski definition) is 1. The molecule has 0 radical (unpaired) electrons. The maximum atomic E-state index is 14.6. The molecular formula is C27H36FN5O4. The third kappa shape index (κ3) is 6.94. The molecule has 37 heavy (non-hydrogen) atoms. The number of amides is 1. The van der Waals surface area contributed by atoms with Crippen LogP contribution in [-0.4, -0.2) is 76.8 Å². The molecule has 1 saturated heterocycles. The second-order valence-corrected chi connectivity index (χ2v) is 10.8. The van der Waals surface area contributed by atoms with Crippen molar-refractivity contribution in [2.45, 2.75) is 64.1 Å². The van der Waals surface area contributed by atoms with E-state index in [0.717, 1.165) is 5.69 Å². The zero-order valence-electron chi connectivity index (χ0n) is 22.2. The van der Waals surface area contributed by atoms with Crippen LogP contribution in [0.15, 0.2) is 30.6 Å². The summed E-state index contributed by atoms with van der Waals surface area (Å²) < 4.78 is 24.7. The normalized spacial score (nSPS) is 19.3. The summed E-state index contributed by atoms with van der Waals surface area (Å²) in [5, 5.41) is 3.35. The molecule has 2 aromatic heterocycles. The van der Waals surface area contributed by atoms with E-state index in [4.69, 9.17) is 9.72 Å². The summed E-state index contributed by atoms with van der Waals surface area (Å²) in [7, 11) is 1.19. The highest BCUT2D eigenvalue weighted by molar-refractivity contribution is 5.87. The largest absolute Gasteiger partial charge is 0.464 e. The van der Waals surface area contributed by atoms with Gasteiger partial charge in [0.1, 0.15) is 5.60 Å². The van der Waals surface area contributed by atoms with Gasteiger partial charge in [0.2, 0.25) is 0 Å². The third-order valence-corrected chi connectivity index (χ3v) is 6.56. The lowest BCUT2D eigenvalue weighted by Gasteiger charge is -2.41. The smallest absolute Gasteiger partial charge is 0.410 e. The van der Waals surface area contributed by atoms with Crippen LogP contribution in [0, 0.1) is 5.82 Å². The van der Waals surface area contributed by atoms with Crippen molar-refractivity contribution in [1.29, 1.82) is 0 Å². The Hall–Kier alpha value is -3.27. The van der Waals surface area contributed by atoms with Gasteiger partial charge in [0, 0.05) is 44.5 Å². The van der Waals surface area contributed by atoms with Crippen LogP contribution in [0.2, 0.25) is 0 Å². The average Bonchev–Trinajstić information content (AvgIpc) is 3.68. The summed E-state index contributed by atoms with van der Waals surface area (Å²) in [6.45, 7) is 10.0. The van der Waals surface area contributed by atoms with Crippen molar-refractivity contribution in [3.63, 3.8) is 0 Å². The number of hydrogen-bond acceptors (Lipinski definition) is 8. The van der Waals surface area contributed by atoms with Gasteiger partial charge in [-0.2, -0.15) is 0 Å². The van der Waals surface area contributed by atoms with Crippen LogP contribution in [0.25, 0.3) is 0 Å². The standard InChI is InChI=1S/C27H36FN5O4/c1-17-15-32(10-11-33(17)26(35)37-27(2,3)4)16-23(22-9-8-19(13-29-22)18-6-7-18)31-20-12-21(28)24(30-14-20)25(34)36-5/h8-9,12-14,17-18,23,31H,6-7,10-11,15-16H2,1-5H3/t17-,23?/m1/s1. The lowest BCUT2D eigenvalue weighted by atomic mass is 10.1. The number of pyridine rings is 2. The highest BCUT2D eigenvalue weighted by Gasteiger charge is 2.32. The number of halogens is 1. The van der Waals surface area contributed by atoms with Crippen LogP contribution in [0.4, 0.5) is 14.9 Å². The van der Waals surface area contributed by atoms with Gasteiger partial charge in [-0.05, 0) is 58.1 Å². The van der Waals surface area contributed by atoms with Crippen LogP contribution in [0.5, 0.6) is 0 Å². The number of aromatic nitrogens is 2. The fourth-order valence-electron chi connectivity index (χ4n) is 4.51. The summed E-state index contributed by atoms with van der Waals surface area (Å²) in [6.07, 6.45) is 5.42. The number of nitrogens with one attached hydrogen (secondary N) is 1. The first kappa shape index (κ1) is 26.8. The molecule has 10 heteroatoms. The molecule has 2 aliphatic rings. The average molecular weight is 514 g/mol. The SMILES string of the molecule is COC(=O)c1ncc(NC(CN2CCN(C(=O)OC(C)(C)C)[C@H](C)C2)c2ccc(C3CC3)cn2)cc1F. The van der Waals surface area contributed by atoms with Crippen molar-refractivity contribution in [3.8, 4) is 0 Å². The fraction of sp³-hybridized carbons (Fsp3) is 0.556. The minimum absolute atomic E-state index is 0.0343. The van der Waals surface area contributed by atoms with Gasteiger partial charge in [-0.15, -0.1) is 0 Å². The zero-order chi connectivity index (χ0) is 26.7. The van der Waals surface area contributed by atoms with Gasteiger partial charge >= 0.3 is 12.1 Å². The molecule has 3 heterocycles. The van der Waals surface area contributed by atoms with E-state index >= 15 is 0 Å². The number of methoxy groups -OCH3 is 1. The van der Waals surface area contributed by atoms with Crippen LogP contribution in [-0.2, 0) is 9.47 Å². The quantitative estimate of drug-likeness (QED) is 0.545. The molecule has 2 atom stereocenters. The highest BCUT2D eigenvalue weighted by atomic mass is 19.1. The fourth-order valence-corrected chi connectivity index (χ4v) is 4.51. The van der Waals surface area contributed by atoms with E-state index in [2.05, 4.69) is 26.0 Å². The first-order valence-corrected chi connectivity index (χ1v) is 12.7. The van der Waals surface area contributed by atoms with Crippen molar-refractivity contribution in [1.82, 2.24) is 19.8 Å². The summed E-state index contributed by atoms with van der Waals surface area (Å²) in [4.78, 5) is 37.0. The minimum atomic E-state index is -0.824.